The predicted octanol–water partition coefficient (Wildman–Crippen LogP) is 1.27. The Morgan fingerprint density at radius 2 is 2.12 bits per heavy atom. The van der Waals surface area contributed by atoms with E-state index in [1.165, 1.54) is 0 Å². The van der Waals surface area contributed by atoms with Crippen LogP contribution in [0.25, 0.3) is 0 Å². The van der Waals surface area contributed by atoms with Gasteiger partial charge in [0.1, 0.15) is 5.56 Å². The number of ether oxygens (including phenoxy) is 2. The summed E-state index contributed by atoms with van der Waals surface area (Å²) >= 11 is 0. The van der Waals surface area contributed by atoms with Crippen LogP contribution in [0.15, 0.2) is 6.20 Å². The van der Waals surface area contributed by atoms with E-state index >= 15 is 0 Å². The molecule has 0 unspecified atom stereocenters. The van der Waals surface area contributed by atoms with Gasteiger partial charge in [0.2, 0.25) is 5.75 Å². The summed E-state index contributed by atoms with van der Waals surface area (Å²) in [5.74, 6) is -2.96. The number of rotatable bonds is 3. The lowest BCUT2D eigenvalue weighted by molar-refractivity contribution is -0.276. The van der Waals surface area contributed by atoms with Crippen molar-refractivity contribution in [3.63, 3.8) is 0 Å². The summed E-state index contributed by atoms with van der Waals surface area (Å²) in [6, 6.07) is 0. The van der Waals surface area contributed by atoms with Gasteiger partial charge in [0.15, 0.2) is 0 Å². The number of nitrogens with zero attached hydrogens (tertiary/aromatic N) is 1. The number of pyridine rings is 1. The van der Waals surface area contributed by atoms with Crippen molar-refractivity contribution >= 4 is 11.7 Å². The van der Waals surface area contributed by atoms with Crippen molar-refractivity contribution < 1.29 is 32.5 Å². The topological polar surface area (TPSA) is 94.7 Å². The molecule has 94 valence electrons. The third kappa shape index (κ3) is 2.89. The molecule has 0 saturated carbocycles. The largest absolute Gasteiger partial charge is 0.574 e. The van der Waals surface area contributed by atoms with E-state index in [9.17, 15) is 18.0 Å². The molecular weight excluding hydrogens is 245 g/mol. The second-order valence-electron chi connectivity index (χ2n) is 2.78. The highest BCUT2D eigenvalue weighted by atomic mass is 19.4. The molecule has 0 aliphatic rings. The van der Waals surface area contributed by atoms with Crippen LogP contribution in [-0.2, 0) is 0 Å². The Labute approximate surface area is 92.8 Å². The fourth-order valence-corrected chi connectivity index (χ4v) is 1.04. The number of carboxylic acids is 1. The highest BCUT2D eigenvalue weighted by Crippen LogP contribution is 2.36. The summed E-state index contributed by atoms with van der Waals surface area (Å²) < 4.78 is 44.0. The first-order chi connectivity index (χ1) is 7.76. The van der Waals surface area contributed by atoms with Crippen LogP contribution in [-0.4, -0.2) is 29.5 Å². The number of halogens is 3. The minimum absolute atomic E-state index is 0.476. The summed E-state index contributed by atoms with van der Waals surface area (Å²) in [6.45, 7) is 0. The molecular formula is C8H7F3N2O4. The molecule has 0 bridgehead atoms. The number of nitrogens with two attached hydrogens (primary N) is 1. The molecule has 6 nitrogen and oxygen atoms in total. The Morgan fingerprint density at radius 1 is 1.53 bits per heavy atom. The number of methoxy groups -OCH3 is 1. The van der Waals surface area contributed by atoms with Crippen molar-refractivity contribution in [2.45, 2.75) is 6.36 Å². The molecule has 9 heteroatoms. The third-order valence-electron chi connectivity index (χ3n) is 1.69. The number of aromatic nitrogens is 1. The van der Waals surface area contributed by atoms with Crippen LogP contribution in [0, 0.1) is 0 Å². The molecule has 0 atom stereocenters. The van der Waals surface area contributed by atoms with Crippen molar-refractivity contribution in [3.8, 4) is 11.6 Å². The summed E-state index contributed by atoms with van der Waals surface area (Å²) in [4.78, 5) is 13.8. The molecule has 3 N–H and O–H groups in total. The van der Waals surface area contributed by atoms with Gasteiger partial charge in [-0.15, -0.1) is 13.2 Å². The van der Waals surface area contributed by atoms with Crippen LogP contribution in [0.4, 0.5) is 18.9 Å². The van der Waals surface area contributed by atoms with Gasteiger partial charge in [0, 0.05) is 6.20 Å². The molecule has 0 saturated heterocycles. The lowest BCUT2D eigenvalue weighted by Crippen LogP contribution is -2.19. The normalized spacial score (nSPS) is 11.1. The van der Waals surface area contributed by atoms with Gasteiger partial charge in [-0.25, -0.2) is 9.78 Å². The average Bonchev–Trinajstić information content (AvgIpc) is 2.15. The van der Waals surface area contributed by atoms with Crippen molar-refractivity contribution in [2.24, 2.45) is 0 Å². The molecule has 0 aliphatic heterocycles. The molecule has 0 aromatic carbocycles. The van der Waals surface area contributed by atoms with Crippen LogP contribution in [0.5, 0.6) is 11.6 Å². The highest BCUT2D eigenvalue weighted by molar-refractivity contribution is 5.95. The van der Waals surface area contributed by atoms with Gasteiger partial charge >= 0.3 is 12.3 Å². The molecule has 1 rings (SSSR count). The molecule has 0 radical (unpaired) electrons. The maximum atomic E-state index is 12.0. The minimum atomic E-state index is -4.97. The lowest BCUT2D eigenvalue weighted by atomic mass is 10.2. The maximum Gasteiger partial charge on any atom is 0.574 e. The van der Waals surface area contributed by atoms with Gasteiger partial charge in [0.05, 0.1) is 12.8 Å². The van der Waals surface area contributed by atoms with E-state index < -0.39 is 35.2 Å². The van der Waals surface area contributed by atoms with Crippen LogP contribution in [0.1, 0.15) is 10.4 Å². The summed E-state index contributed by atoms with van der Waals surface area (Å²) in [6.07, 6.45) is -4.32. The fraction of sp³-hybridized carbons (Fsp3) is 0.250. The second kappa shape index (κ2) is 4.36. The van der Waals surface area contributed by atoms with E-state index in [0.717, 1.165) is 7.11 Å². The monoisotopic (exact) mass is 252 g/mol. The Morgan fingerprint density at radius 3 is 2.53 bits per heavy atom. The van der Waals surface area contributed by atoms with Crippen LogP contribution < -0.4 is 15.2 Å². The summed E-state index contributed by atoms with van der Waals surface area (Å²) in [5.41, 5.74) is 4.35. The first-order valence-electron chi connectivity index (χ1n) is 4.07. The van der Waals surface area contributed by atoms with E-state index in [4.69, 9.17) is 10.8 Å². The third-order valence-corrected chi connectivity index (χ3v) is 1.69. The molecule has 0 aliphatic carbocycles. The van der Waals surface area contributed by atoms with Gasteiger partial charge < -0.3 is 20.3 Å². The molecule has 0 fully saturated rings. The number of anilines is 1. The van der Waals surface area contributed by atoms with Gasteiger partial charge in [-0.2, -0.15) is 0 Å². The molecule has 1 aromatic rings. The van der Waals surface area contributed by atoms with E-state index in [-0.39, 0.29) is 0 Å². The maximum absolute atomic E-state index is 12.0. The number of nitrogen functional groups attached to an aromatic ring is 1. The zero-order valence-corrected chi connectivity index (χ0v) is 8.41. The SMILES string of the molecule is COc1c(OC(F)(F)F)ncc(C(=O)O)c1N. The Kier molecular flexibility index (Phi) is 3.30. The smallest absolute Gasteiger partial charge is 0.490 e. The van der Waals surface area contributed by atoms with Crippen molar-refractivity contribution in [1.82, 2.24) is 4.98 Å². The molecule has 0 amide bonds. The average molecular weight is 252 g/mol. The first kappa shape index (κ1) is 12.9. The summed E-state index contributed by atoms with van der Waals surface area (Å²) in [5, 5.41) is 8.67. The lowest BCUT2D eigenvalue weighted by Gasteiger charge is -2.13. The number of carboxylic acid groups (broad SMARTS) is 1. The molecule has 0 spiro atoms. The van der Waals surface area contributed by atoms with Gasteiger partial charge in [0.25, 0.3) is 5.88 Å². The fourth-order valence-electron chi connectivity index (χ4n) is 1.04. The Bertz CT molecular complexity index is 447. The van der Waals surface area contributed by atoms with Crippen molar-refractivity contribution in [3.05, 3.63) is 11.8 Å². The van der Waals surface area contributed by atoms with Crippen LogP contribution in [0.3, 0.4) is 0 Å². The number of hydrogen-bond donors (Lipinski definition) is 2. The number of hydrogen-bond acceptors (Lipinski definition) is 5. The van der Waals surface area contributed by atoms with Crippen LogP contribution >= 0.6 is 0 Å². The quantitative estimate of drug-likeness (QED) is 0.841. The number of carbonyl (C=O) groups is 1. The van der Waals surface area contributed by atoms with E-state index in [0.29, 0.717) is 6.20 Å². The minimum Gasteiger partial charge on any atom is -0.490 e. The van der Waals surface area contributed by atoms with Crippen molar-refractivity contribution in [2.75, 3.05) is 12.8 Å². The van der Waals surface area contributed by atoms with E-state index in [1.54, 1.807) is 0 Å². The van der Waals surface area contributed by atoms with Crippen molar-refractivity contribution in [1.29, 1.82) is 0 Å². The highest BCUT2D eigenvalue weighted by Gasteiger charge is 2.34. The molecule has 1 aromatic heterocycles. The van der Waals surface area contributed by atoms with E-state index in [1.807, 2.05) is 0 Å². The Hall–Kier alpha value is -2.19. The van der Waals surface area contributed by atoms with Gasteiger partial charge in [-0.1, -0.05) is 0 Å². The van der Waals surface area contributed by atoms with Gasteiger partial charge in [-0.05, 0) is 0 Å². The van der Waals surface area contributed by atoms with Gasteiger partial charge in [-0.3, -0.25) is 0 Å². The summed E-state index contributed by atoms with van der Waals surface area (Å²) in [7, 11) is 1.02. The van der Waals surface area contributed by atoms with E-state index in [2.05, 4.69) is 14.5 Å². The predicted molar refractivity (Wildman–Crippen MR) is 48.8 cm³/mol. The number of alkyl halides is 3. The molecule has 1 heterocycles. The Balaban J connectivity index is 3.26. The zero-order valence-electron chi connectivity index (χ0n) is 8.41. The second-order valence-corrected chi connectivity index (χ2v) is 2.78. The van der Waals surface area contributed by atoms with Crippen LogP contribution in [0.2, 0.25) is 0 Å². The number of aromatic carboxylic acids is 1. The first-order valence-corrected chi connectivity index (χ1v) is 4.07. The zero-order chi connectivity index (χ0) is 13.2. The standard InChI is InChI=1S/C8H7F3N2O4/c1-16-5-4(12)3(7(14)15)2-13-6(5)17-8(9,10)11/h2H,1H3,(H2,12,13)(H,14,15). The molecule has 17 heavy (non-hydrogen) atoms.